The third kappa shape index (κ3) is 2.77. The maximum atomic E-state index is 13.6. The van der Waals surface area contributed by atoms with E-state index >= 15 is 0 Å². The van der Waals surface area contributed by atoms with Crippen molar-refractivity contribution in [1.82, 2.24) is 19.5 Å². The molecule has 4 rings (SSSR count). The minimum absolute atomic E-state index is 0.0440. The molecule has 0 bridgehead atoms. The molecule has 0 spiro atoms. The van der Waals surface area contributed by atoms with Gasteiger partial charge in [-0.2, -0.15) is 0 Å². The van der Waals surface area contributed by atoms with Gasteiger partial charge in [0, 0.05) is 5.56 Å². The van der Waals surface area contributed by atoms with Crippen LogP contribution in [0.15, 0.2) is 18.5 Å². The number of halogens is 3. The Morgan fingerprint density at radius 2 is 1.79 bits per heavy atom. The summed E-state index contributed by atoms with van der Waals surface area (Å²) in [5, 5.41) is 29.4. The monoisotopic (exact) mass is 397 g/mol. The second kappa shape index (κ2) is 6.67. The van der Waals surface area contributed by atoms with Gasteiger partial charge in [-0.25, -0.2) is 28.1 Å². The van der Waals surface area contributed by atoms with E-state index in [2.05, 4.69) is 15.0 Å². The van der Waals surface area contributed by atoms with Gasteiger partial charge in [0.05, 0.1) is 12.9 Å². The Labute approximate surface area is 154 Å². The van der Waals surface area contributed by atoms with Gasteiger partial charge >= 0.3 is 0 Å². The SMILES string of the molecule is Nc1nc(-c2cc(F)c(F)c(F)c2)nc2c1ncn2C1OC(CO)[C@@H](O)[C@H]1O. The lowest BCUT2D eigenvalue weighted by atomic mass is 10.1. The van der Waals surface area contributed by atoms with Crippen LogP contribution < -0.4 is 5.73 Å². The lowest BCUT2D eigenvalue weighted by Gasteiger charge is -2.16. The molecule has 1 saturated heterocycles. The molecular weight excluding hydrogens is 383 g/mol. The standard InChI is InChI=1S/C16H14F3N5O4/c17-6-1-5(2-7(18)9(6)19)14-22-13(20)10-15(23-14)24(4-21-10)16-12(27)11(26)8(3-25)28-16/h1-2,4,8,11-12,16,25-27H,3H2,(H2,20,22,23)/t8?,11-,12-,16?/m1/s1. The van der Waals surface area contributed by atoms with Crippen molar-refractivity contribution in [3.05, 3.63) is 35.9 Å². The lowest BCUT2D eigenvalue weighted by molar-refractivity contribution is -0.0511. The summed E-state index contributed by atoms with van der Waals surface area (Å²) in [7, 11) is 0. The van der Waals surface area contributed by atoms with Crippen LogP contribution in [0.4, 0.5) is 19.0 Å². The fourth-order valence-electron chi connectivity index (χ4n) is 3.05. The van der Waals surface area contributed by atoms with Crippen LogP contribution in [0, 0.1) is 17.5 Å². The van der Waals surface area contributed by atoms with E-state index in [9.17, 15) is 28.5 Å². The summed E-state index contributed by atoms with van der Waals surface area (Å²) in [6.07, 6.45) is -3.72. The van der Waals surface area contributed by atoms with Gasteiger partial charge < -0.3 is 25.8 Å². The largest absolute Gasteiger partial charge is 0.394 e. The summed E-state index contributed by atoms with van der Waals surface area (Å²) in [5.74, 6) is -4.82. The first-order chi connectivity index (χ1) is 13.3. The smallest absolute Gasteiger partial charge is 0.194 e. The van der Waals surface area contributed by atoms with E-state index in [-0.39, 0.29) is 28.4 Å². The van der Waals surface area contributed by atoms with E-state index in [1.807, 2.05) is 0 Å². The Kier molecular flexibility index (Phi) is 4.42. The highest BCUT2D eigenvalue weighted by Crippen LogP contribution is 2.33. The second-order valence-corrected chi connectivity index (χ2v) is 6.24. The summed E-state index contributed by atoms with van der Waals surface area (Å²) in [5.41, 5.74) is 5.84. The van der Waals surface area contributed by atoms with Crippen LogP contribution in [0.1, 0.15) is 6.23 Å². The molecule has 0 radical (unpaired) electrons. The molecule has 9 nitrogen and oxygen atoms in total. The number of ether oxygens (including phenoxy) is 1. The molecule has 0 aliphatic carbocycles. The van der Waals surface area contributed by atoms with E-state index in [0.29, 0.717) is 12.1 Å². The van der Waals surface area contributed by atoms with Crippen LogP contribution in [0.5, 0.6) is 0 Å². The Morgan fingerprint density at radius 3 is 2.39 bits per heavy atom. The molecule has 5 N–H and O–H groups in total. The highest BCUT2D eigenvalue weighted by atomic mass is 19.2. The average Bonchev–Trinajstić information content (AvgIpc) is 3.21. The van der Waals surface area contributed by atoms with Crippen LogP contribution in [0.25, 0.3) is 22.6 Å². The number of aromatic nitrogens is 4. The molecule has 12 heteroatoms. The number of nitrogens with two attached hydrogens (primary N) is 1. The molecule has 148 valence electrons. The van der Waals surface area contributed by atoms with E-state index in [0.717, 1.165) is 0 Å². The number of hydrogen-bond donors (Lipinski definition) is 4. The zero-order chi connectivity index (χ0) is 20.2. The number of benzene rings is 1. The highest BCUT2D eigenvalue weighted by Gasteiger charge is 2.44. The van der Waals surface area contributed by atoms with Crippen molar-refractivity contribution in [3.8, 4) is 11.4 Å². The van der Waals surface area contributed by atoms with Crippen molar-refractivity contribution in [3.63, 3.8) is 0 Å². The molecule has 3 heterocycles. The first-order valence-corrected chi connectivity index (χ1v) is 8.09. The molecule has 3 aromatic rings. The molecule has 0 saturated carbocycles. The third-order valence-electron chi connectivity index (χ3n) is 4.48. The summed E-state index contributed by atoms with van der Waals surface area (Å²) in [6.45, 7) is -0.530. The van der Waals surface area contributed by atoms with Crippen LogP contribution in [0.3, 0.4) is 0 Å². The Morgan fingerprint density at radius 1 is 1.11 bits per heavy atom. The summed E-state index contributed by atoms with van der Waals surface area (Å²) in [6, 6.07) is 1.43. The van der Waals surface area contributed by atoms with Crippen molar-refractivity contribution >= 4 is 17.0 Å². The minimum Gasteiger partial charge on any atom is -0.394 e. The molecule has 1 aromatic carbocycles. The molecule has 0 amide bonds. The van der Waals surface area contributed by atoms with Crippen LogP contribution in [-0.2, 0) is 4.74 Å². The Hall–Kier alpha value is -2.80. The highest BCUT2D eigenvalue weighted by molar-refractivity contribution is 5.83. The van der Waals surface area contributed by atoms with Crippen molar-refractivity contribution in [2.24, 2.45) is 0 Å². The first-order valence-electron chi connectivity index (χ1n) is 8.09. The van der Waals surface area contributed by atoms with Crippen LogP contribution >= 0.6 is 0 Å². The topological polar surface area (TPSA) is 140 Å². The van der Waals surface area contributed by atoms with E-state index in [1.165, 1.54) is 10.9 Å². The van der Waals surface area contributed by atoms with E-state index in [1.54, 1.807) is 0 Å². The van der Waals surface area contributed by atoms with Gasteiger partial charge in [-0.3, -0.25) is 4.57 Å². The normalized spacial score (nSPS) is 24.9. The number of imidazole rings is 1. The first kappa shape index (κ1) is 18.6. The van der Waals surface area contributed by atoms with Crippen molar-refractivity contribution < 1.29 is 33.2 Å². The molecule has 28 heavy (non-hydrogen) atoms. The zero-order valence-electron chi connectivity index (χ0n) is 14.0. The third-order valence-corrected chi connectivity index (χ3v) is 4.48. The summed E-state index contributed by atoms with van der Waals surface area (Å²) in [4.78, 5) is 12.1. The number of aliphatic hydroxyl groups excluding tert-OH is 3. The molecule has 2 aromatic heterocycles. The second-order valence-electron chi connectivity index (χ2n) is 6.24. The number of fused-ring (bicyclic) bond motifs is 1. The van der Waals surface area contributed by atoms with E-state index in [4.69, 9.17) is 10.5 Å². The van der Waals surface area contributed by atoms with Gasteiger partial charge in [0.25, 0.3) is 0 Å². The molecule has 1 fully saturated rings. The van der Waals surface area contributed by atoms with Gasteiger partial charge in [0.1, 0.15) is 23.8 Å². The average molecular weight is 397 g/mol. The van der Waals surface area contributed by atoms with Gasteiger partial charge in [0.15, 0.2) is 41.0 Å². The number of rotatable bonds is 3. The zero-order valence-corrected chi connectivity index (χ0v) is 14.0. The molecular formula is C16H14F3N5O4. The van der Waals surface area contributed by atoms with Gasteiger partial charge in [-0.1, -0.05) is 0 Å². The van der Waals surface area contributed by atoms with Crippen molar-refractivity contribution in [2.75, 3.05) is 12.3 Å². The number of hydrogen-bond acceptors (Lipinski definition) is 8. The number of anilines is 1. The summed E-state index contributed by atoms with van der Waals surface area (Å²) < 4.78 is 47.0. The number of nitrogens with zero attached hydrogens (tertiary/aromatic N) is 4. The van der Waals surface area contributed by atoms with Crippen LogP contribution in [-0.4, -0.2) is 59.8 Å². The fraction of sp³-hybridized carbons (Fsp3) is 0.312. The minimum atomic E-state index is -1.63. The summed E-state index contributed by atoms with van der Waals surface area (Å²) >= 11 is 0. The Balaban J connectivity index is 1.84. The maximum absolute atomic E-state index is 13.6. The van der Waals surface area contributed by atoms with Gasteiger partial charge in [-0.15, -0.1) is 0 Å². The molecule has 1 aliphatic heterocycles. The quantitative estimate of drug-likeness (QED) is 0.457. The fourth-order valence-corrected chi connectivity index (χ4v) is 3.05. The van der Waals surface area contributed by atoms with Crippen LogP contribution in [0.2, 0.25) is 0 Å². The predicted octanol–water partition coefficient (Wildman–Crippen LogP) is 0.104. The Bertz CT molecular complexity index is 1040. The van der Waals surface area contributed by atoms with E-state index < -0.39 is 48.6 Å². The lowest BCUT2D eigenvalue weighted by Crippen LogP contribution is -2.33. The van der Waals surface area contributed by atoms with Crippen molar-refractivity contribution in [2.45, 2.75) is 24.5 Å². The van der Waals surface area contributed by atoms with Gasteiger partial charge in [-0.05, 0) is 12.1 Å². The van der Waals surface area contributed by atoms with Crippen molar-refractivity contribution in [1.29, 1.82) is 0 Å². The predicted molar refractivity (Wildman–Crippen MR) is 88.1 cm³/mol. The van der Waals surface area contributed by atoms with Gasteiger partial charge in [0.2, 0.25) is 0 Å². The molecule has 2 unspecified atom stereocenters. The number of nitrogen functional groups attached to an aromatic ring is 1. The molecule has 4 atom stereocenters. The maximum Gasteiger partial charge on any atom is 0.194 e. The number of aliphatic hydroxyl groups is 3. The molecule has 1 aliphatic rings.